The van der Waals surface area contributed by atoms with Gasteiger partial charge < -0.3 is 5.11 Å². The number of thiazole rings is 1. The van der Waals surface area contributed by atoms with Crippen LogP contribution in [-0.4, -0.2) is 43.6 Å². The second-order valence-corrected chi connectivity index (χ2v) is 6.62. The van der Waals surface area contributed by atoms with Crippen LogP contribution < -0.4 is 4.90 Å². The SMILES string of the molecule is CC(=O)c1sc(N(C(=O)Cn2nccc2C(=O)O)C2CC2)nc1C. The molecule has 126 valence electrons. The zero-order chi connectivity index (χ0) is 17.4. The lowest BCUT2D eigenvalue weighted by molar-refractivity contribution is -0.119. The maximum Gasteiger partial charge on any atom is 0.354 e. The van der Waals surface area contributed by atoms with E-state index in [1.165, 1.54) is 30.5 Å². The molecule has 0 aromatic carbocycles. The van der Waals surface area contributed by atoms with Crippen molar-refractivity contribution >= 4 is 34.1 Å². The second kappa shape index (κ2) is 6.16. The molecule has 1 N–H and O–H groups in total. The molecule has 1 amide bonds. The fourth-order valence-corrected chi connectivity index (χ4v) is 3.51. The normalized spacial score (nSPS) is 13.8. The van der Waals surface area contributed by atoms with Crippen LogP contribution in [0.5, 0.6) is 0 Å². The predicted octanol–water partition coefficient (Wildman–Crippen LogP) is 1.74. The number of aryl methyl sites for hydroxylation is 1. The molecule has 1 saturated carbocycles. The van der Waals surface area contributed by atoms with Gasteiger partial charge in [-0.15, -0.1) is 0 Å². The number of amides is 1. The fraction of sp³-hybridized carbons (Fsp3) is 0.400. The largest absolute Gasteiger partial charge is 0.477 e. The molecule has 0 unspecified atom stereocenters. The van der Waals surface area contributed by atoms with Crippen LogP contribution in [0.25, 0.3) is 0 Å². The maximum absolute atomic E-state index is 12.7. The summed E-state index contributed by atoms with van der Waals surface area (Å²) in [5.41, 5.74) is 0.560. The average molecular weight is 348 g/mol. The summed E-state index contributed by atoms with van der Waals surface area (Å²) < 4.78 is 1.16. The molecule has 0 atom stereocenters. The molecule has 9 heteroatoms. The molecule has 8 nitrogen and oxygen atoms in total. The number of hydrogen-bond donors (Lipinski definition) is 1. The summed E-state index contributed by atoms with van der Waals surface area (Å²) in [6.45, 7) is 3.03. The first-order valence-electron chi connectivity index (χ1n) is 7.44. The smallest absolute Gasteiger partial charge is 0.354 e. The average Bonchev–Trinajstić information content (AvgIpc) is 3.07. The zero-order valence-corrected chi connectivity index (χ0v) is 14.0. The van der Waals surface area contributed by atoms with E-state index in [4.69, 9.17) is 5.11 Å². The Bertz CT molecular complexity index is 821. The Morgan fingerprint density at radius 2 is 2.12 bits per heavy atom. The zero-order valence-electron chi connectivity index (χ0n) is 13.2. The fourth-order valence-electron chi connectivity index (χ4n) is 2.46. The molecule has 1 aliphatic carbocycles. The molecule has 0 saturated heterocycles. The highest BCUT2D eigenvalue weighted by Gasteiger charge is 2.36. The summed E-state index contributed by atoms with van der Waals surface area (Å²) in [7, 11) is 0. The number of aromatic nitrogens is 3. The summed E-state index contributed by atoms with van der Waals surface area (Å²) in [4.78, 5) is 41.9. The van der Waals surface area contributed by atoms with Gasteiger partial charge >= 0.3 is 5.97 Å². The number of hydrogen-bond acceptors (Lipinski definition) is 6. The van der Waals surface area contributed by atoms with E-state index in [1.807, 2.05) is 0 Å². The molecule has 0 radical (unpaired) electrons. The molecular weight excluding hydrogens is 332 g/mol. The Balaban J connectivity index is 1.87. The van der Waals surface area contributed by atoms with Crippen molar-refractivity contribution in [1.29, 1.82) is 0 Å². The highest BCUT2D eigenvalue weighted by atomic mass is 32.1. The van der Waals surface area contributed by atoms with Gasteiger partial charge in [-0.25, -0.2) is 14.5 Å². The lowest BCUT2D eigenvalue weighted by Crippen LogP contribution is -2.36. The highest BCUT2D eigenvalue weighted by molar-refractivity contribution is 7.17. The van der Waals surface area contributed by atoms with Crippen molar-refractivity contribution in [3.05, 3.63) is 28.5 Å². The van der Waals surface area contributed by atoms with Crippen molar-refractivity contribution < 1.29 is 19.5 Å². The monoisotopic (exact) mass is 348 g/mol. The van der Waals surface area contributed by atoms with Gasteiger partial charge in [0.1, 0.15) is 12.2 Å². The number of carboxylic acids is 1. The van der Waals surface area contributed by atoms with Gasteiger partial charge in [-0.2, -0.15) is 5.10 Å². The number of nitrogens with zero attached hydrogens (tertiary/aromatic N) is 4. The standard InChI is InChI=1S/C15H16N4O4S/c1-8-13(9(2)20)24-15(17-8)19(10-3-4-10)12(21)7-18-11(14(22)23)5-6-16-18/h5-6,10H,3-4,7H2,1-2H3,(H,22,23). The molecule has 2 heterocycles. The van der Waals surface area contributed by atoms with E-state index in [2.05, 4.69) is 10.1 Å². The summed E-state index contributed by atoms with van der Waals surface area (Å²) in [5, 5.41) is 13.5. The van der Waals surface area contributed by atoms with Gasteiger partial charge in [-0.3, -0.25) is 14.5 Å². The lowest BCUT2D eigenvalue weighted by Gasteiger charge is -2.19. The van der Waals surface area contributed by atoms with E-state index in [0.717, 1.165) is 17.5 Å². The third kappa shape index (κ3) is 3.07. The van der Waals surface area contributed by atoms with Gasteiger partial charge in [0.25, 0.3) is 5.91 Å². The minimum atomic E-state index is -1.14. The number of rotatable bonds is 6. The summed E-state index contributed by atoms with van der Waals surface area (Å²) >= 11 is 1.19. The van der Waals surface area contributed by atoms with Gasteiger partial charge in [0.05, 0.1) is 10.6 Å². The van der Waals surface area contributed by atoms with Crippen molar-refractivity contribution in [1.82, 2.24) is 14.8 Å². The van der Waals surface area contributed by atoms with E-state index < -0.39 is 5.97 Å². The van der Waals surface area contributed by atoms with Crippen LogP contribution in [0, 0.1) is 6.92 Å². The number of Topliss-reactive ketones (excluding diaryl/α,β-unsaturated/α-hetero) is 1. The summed E-state index contributed by atoms with van der Waals surface area (Å²) in [5.74, 6) is -1.51. The van der Waals surface area contributed by atoms with Crippen LogP contribution in [0.4, 0.5) is 5.13 Å². The van der Waals surface area contributed by atoms with Gasteiger partial charge in [0.15, 0.2) is 10.9 Å². The van der Waals surface area contributed by atoms with Crippen molar-refractivity contribution in [3.8, 4) is 0 Å². The predicted molar refractivity (Wildman–Crippen MR) is 86.5 cm³/mol. The molecule has 0 spiro atoms. The maximum atomic E-state index is 12.7. The first-order valence-corrected chi connectivity index (χ1v) is 8.25. The number of anilines is 1. The number of carboxylic acid groups (broad SMARTS) is 1. The Kier molecular flexibility index (Phi) is 4.18. The van der Waals surface area contributed by atoms with Gasteiger partial charge in [0, 0.05) is 19.2 Å². The molecule has 0 bridgehead atoms. The molecular formula is C15H16N4O4S. The number of ketones is 1. The molecule has 2 aromatic rings. The van der Waals surface area contributed by atoms with Crippen LogP contribution in [0.1, 0.15) is 45.6 Å². The minimum absolute atomic E-state index is 0.0427. The van der Waals surface area contributed by atoms with Crippen LogP contribution in [0.3, 0.4) is 0 Å². The van der Waals surface area contributed by atoms with Crippen LogP contribution in [0.15, 0.2) is 12.3 Å². The summed E-state index contributed by atoms with van der Waals surface area (Å²) in [6.07, 6.45) is 3.08. The Morgan fingerprint density at radius 3 is 2.67 bits per heavy atom. The van der Waals surface area contributed by atoms with Crippen molar-refractivity contribution in [2.45, 2.75) is 39.3 Å². The third-order valence-electron chi connectivity index (χ3n) is 3.71. The topological polar surface area (TPSA) is 105 Å². The first-order chi connectivity index (χ1) is 11.4. The first kappa shape index (κ1) is 16.3. The minimum Gasteiger partial charge on any atom is -0.477 e. The molecule has 0 aliphatic heterocycles. The van der Waals surface area contributed by atoms with Gasteiger partial charge in [-0.1, -0.05) is 11.3 Å². The van der Waals surface area contributed by atoms with Gasteiger partial charge in [-0.05, 0) is 25.8 Å². The number of carbonyl (C=O) groups is 3. The van der Waals surface area contributed by atoms with Crippen molar-refractivity contribution in [2.24, 2.45) is 0 Å². The summed E-state index contributed by atoms with van der Waals surface area (Å²) in [6, 6.07) is 1.39. The molecule has 1 fully saturated rings. The second-order valence-electron chi connectivity index (χ2n) is 5.64. The molecule has 3 rings (SSSR count). The molecule has 24 heavy (non-hydrogen) atoms. The number of aromatic carboxylic acids is 1. The lowest BCUT2D eigenvalue weighted by atomic mass is 10.3. The third-order valence-corrected chi connectivity index (χ3v) is 4.97. The van der Waals surface area contributed by atoms with E-state index in [9.17, 15) is 14.4 Å². The number of carbonyl (C=O) groups excluding carboxylic acids is 2. The van der Waals surface area contributed by atoms with E-state index in [0.29, 0.717) is 15.7 Å². The highest BCUT2D eigenvalue weighted by Crippen LogP contribution is 2.35. The van der Waals surface area contributed by atoms with Crippen LogP contribution in [-0.2, 0) is 11.3 Å². The van der Waals surface area contributed by atoms with Crippen molar-refractivity contribution in [2.75, 3.05) is 4.90 Å². The Labute approximate surface area is 141 Å². The molecule has 2 aromatic heterocycles. The van der Waals surface area contributed by atoms with E-state index in [-0.39, 0.29) is 30.0 Å². The Morgan fingerprint density at radius 1 is 1.42 bits per heavy atom. The quantitative estimate of drug-likeness (QED) is 0.797. The Hall–Kier alpha value is -2.55. The van der Waals surface area contributed by atoms with Crippen LogP contribution in [0.2, 0.25) is 0 Å². The van der Waals surface area contributed by atoms with Crippen LogP contribution >= 0.6 is 11.3 Å². The van der Waals surface area contributed by atoms with Crippen molar-refractivity contribution in [3.63, 3.8) is 0 Å². The molecule has 1 aliphatic rings. The van der Waals surface area contributed by atoms with Gasteiger partial charge in [0.2, 0.25) is 0 Å². The van der Waals surface area contributed by atoms with E-state index >= 15 is 0 Å². The van der Waals surface area contributed by atoms with E-state index in [1.54, 1.807) is 11.8 Å².